The lowest BCUT2D eigenvalue weighted by Gasteiger charge is -2.18. The summed E-state index contributed by atoms with van der Waals surface area (Å²) in [6.07, 6.45) is 5.72. The van der Waals surface area contributed by atoms with Gasteiger partial charge in [0.2, 0.25) is 0 Å². The van der Waals surface area contributed by atoms with Crippen LogP contribution in [-0.2, 0) is 0 Å². The van der Waals surface area contributed by atoms with E-state index in [-0.39, 0.29) is 11.9 Å². The van der Waals surface area contributed by atoms with Crippen LogP contribution in [0.1, 0.15) is 64.5 Å². The van der Waals surface area contributed by atoms with Gasteiger partial charge >= 0.3 is 0 Å². The van der Waals surface area contributed by atoms with Crippen molar-refractivity contribution >= 4 is 0 Å². The maximum atomic E-state index is 13.4. The van der Waals surface area contributed by atoms with Crippen LogP contribution in [0.3, 0.4) is 0 Å². The van der Waals surface area contributed by atoms with E-state index in [4.69, 9.17) is 4.74 Å². The lowest BCUT2D eigenvalue weighted by Crippen LogP contribution is -2.20. The third kappa shape index (κ3) is 5.91. The van der Waals surface area contributed by atoms with Gasteiger partial charge in [-0.1, -0.05) is 39.2 Å². The molecular formula is C17H28FNO. The quantitative estimate of drug-likeness (QED) is 0.619. The van der Waals surface area contributed by atoms with Crippen molar-refractivity contribution in [2.75, 3.05) is 13.2 Å². The van der Waals surface area contributed by atoms with Crippen LogP contribution in [0.5, 0.6) is 5.75 Å². The maximum absolute atomic E-state index is 13.4. The van der Waals surface area contributed by atoms with Gasteiger partial charge in [-0.15, -0.1) is 0 Å². The highest BCUT2D eigenvalue weighted by atomic mass is 19.1. The molecule has 0 aromatic heterocycles. The zero-order valence-electron chi connectivity index (χ0n) is 13.0. The fourth-order valence-corrected chi connectivity index (χ4v) is 2.17. The number of hydrogen-bond donors (Lipinski definition) is 1. The Bertz CT molecular complexity index is 381. The smallest absolute Gasteiger partial charge is 0.126 e. The van der Waals surface area contributed by atoms with Crippen molar-refractivity contribution in [3.8, 4) is 5.75 Å². The Hall–Kier alpha value is -1.09. The molecule has 1 atom stereocenters. The number of benzene rings is 1. The number of unbranched alkanes of at least 4 members (excludes halogenated alkanes) is 3. The van der Waals surface area contributed by atoms with E-state index in [0.717, 1.165) is 24.9 Å². The molecule has 0 heterocycles. The first kappa shape index (κ1) is 17.0. The Morgan fingerprint density at radius 2 is 1.95 bits per heavy atom. The number of rotatable bonds is 10. The summed E-state index contributed by atoms with van der Waals surface area (Å²) in [7, 11) is 0. The molecule has 1 unspecified atom stereocenters. The molecule has 0 aliphatic heterocycles. The Balaban J connectivity index is 2.60. The molecule has 0 bridgehead atoms. The van der Waals surface area contributed by atoms with Gasteiger partial charge < -0.3 is 10.1 Å². The Labute approximate surface area is 122 Å². The van der Waals surface area contributed by atoms with E-state index >= 15 is 0 Å². The second-order valence-corrected chi connectivity index (χ2v) is 5.27. The van der Waals surface area contributed by atoms with Crippen LogP contribution in [0, 0.1) is 5.82 Å². The molecule has 0 fully saturated rings. The van der Waals surface area contributed by atoms with E-state index in [1.54, 1.807) is 0 Å². The van der Waals surface area contributed by atoms with Gasteiger partial charge in [0, 0.05) is 17.7 Å². The van der Waals surface area contributed by atoms with Gasteiger partial charge in [-0.05, 0) is 32.4 Å². The van der Waals surface area contributed by atoms with Gasteiger partial charge in [0.25, 0.3) is 0 Å². The third-order valence-corrected chi connectivity index (χ3v) is 3.40. The van der Waals surface area contributed by atoms with Crippen molar-refractivity contribution in [2.45, 2.75) is 58.9 Å². The van der Waals surface area contributed by atoms with E-state index in [2.05, 4.69) is 26.1 Å². The number of hydrogen-bond acceptors (Lipinski definition) is 2. The summed E-state index contributed by atoms with van der Waals surface area (Å²) in [6.45, 7) is 8.03. The number of nitrogens with one attached hydrogen (secondary N) is 1. The van der Waals surface area contributed by atoms with Gasteiger partial charge in [0.05, 0.1) is 6.61 Å². The Morgan fingerprint density at radius 1 is 1.15 bits per heavy atom. The largest absolute Gasteiger partial charge is 0.493 e. The molecule has 0 radical (unpaired) electrons. The maximum Gasteiger partial charge on any atom is 0.126 e. The molecule has 1 aromatic rings. The molecule has 1 N–H and O–H groups in total. The van der Waals surface area contributed by atoms with E-state index < -0.39 is 0 Å². The first-order chi connectivity index (χ1) is 9.69. The van der Waals surface area contributed by atoms with E-state index in [1.165, 1.54) is 31.4 Å². The van der Waals surface area contributed by atoms with Crippen LogP contribution >= 0.6 is 0 Å². The molecule has 0 aliphatic rings. The van der Waals surface area contributed by atoms with Crippen molar-refractivity contribution < 1.29 is 9.13 Å². The van der Waals surface area contributed by atoms with Crippen LogP contribution in [-0.4, -0.2) is 13.2 Å². The number of ether oxygens (including phenoxy) is 1. The second kappa shape index (κ2) is 9.76. The van der Waals surface area contributed by atoms with Crippen LogP contribution in [0.2, 0.25) is 0 Å². The molecule has 0 aliphatic carbocycles. The Kier molecular flexibility index (Phi) is 8.28. The molecular weight excluding hydrogens is 253 g/mol. The summed E-state index contributed by atoms with van der Waals surface area (Å²) in [5.74, 6) is 0.442. The lowest BCUT2D eigenvalue weighted by molar-refractivity contribution is 0.297. The van der Waals surface area contributed by atoms with Crippen molar-refractivity contribution in [3.05, 3.63) is 29.6 Å². The highest BCUT2D eigenvalue weighted by Gasteiger charge is 2.12. The summed E-state index contributed by atoms with van der Waals surface area (Å²) in [6, 6.07) is 5.01. The van der Waals surface area contributed by atoms with Crippen LogP contribution in [0.25, 0.3) is 0 Å². The summed E-state index contributed by atoms with van der Waals surface area (Å²) in [5.41, 5.74) is 1.04. The van der Waals surface area contributed by atoms with Gasteiger partial charge in [0.1, 0.15) is 11.6 Å². The fraction of sp³-hybridized carbons (Fsp3) is 0.647. The van der Waals surface area contributed by atoms with Gasteiger partial charge in [-0.3, -0.25) is 0 Å². The molecule has 114 valence electrons. The Morgan fingerprint density at radius 3 is 2.65 bits per heavy atom. The first-order valence-corrected chi connectivity index (χ1v) is 7.84. The lowest BCUT2D eigenvalue weighted by atomic mass is 10.1. The predicted molar refractivity (Wildman–Crippen MR) is 82.7 cm³/mol. The summed E-state index contributed by atoms with van der Waals surface area (Å²) in [4.78, 5) is 0. The summed E-state index contributed by atoms with van der Waals surface area (Å²) >= 11 is 0. The molecule has 20 heavy (non-hydrogen) atoms. The molecule has 0 spiro atoms. The highest BCUT2D eigenvalue weighted by molar-refractivity contribution is 5.36. The standard InChI is InChI=1S/C17H28FNO/c1-4-6-7-8-12-20-17-13-15(18)9-10-16(17)14(3)19-11-5-2/h9-10,13-14,19H,4-8,11-12H2,1-3H3. The minimum Gasteiger partial charge on any atom is -0.493 e. The normalized spacial score (nSPS) is 12.4. The third-order valence-electron chi connectivity index (χ3n) is 3.40. The number of halogens is 1. The molecule has 0 saturated heterocycles. The average molecular weight is 281 g/mol. The first-order valence-electron chi connectivity index (χ1n) is 7.84. The van der Waals surface area contributed by atoms with E-state index in [9.17, 15) is 4.39 Å². The zero-order chi connectivity index (χ0) is 14.8. The topological polar surface area (TPSA) is 21.3 Å². The van der Waals surface area contributed by atoms with Crippen molar-refractivity contribution in [2.24, 2.45) is 0 Å². The van der Waals surface area contributed by atoms with Crippen LogP contribution in [0.15, 0.2) is 18.2 Å². The fourth-order valence-electron chi connectivity index (χ4n) is 2.17. The van der Waals surface area contributed by atoms with E-state index in [1.807, 2.05) is 6.07 Å². The van der Waals surface area contributed by atoms with Crippen LogP contribution < -0.4 is 10.1 Å². The van der Waals surface area contributed by atoms with E-state index in [0.29, 0.717) is 12.4 Å². The molecule has 2 nitrogen and oxygen atoms in total. The average Bonchev–Trinajstić information content (AvgIpc) is 2.44. The minimum absolute atomic E-state index is 0.182. The van der Waals surface area contributed by atoms with Gasteiger partial charge in [0.15, 0.2) is 0 Å². The van der Waals surface area contributed by atoms with Crippen LogP contribution in [0.4, 0.5) is 4.39 Å². The van der Waals surface area contributed by atoms with Crippen molar-refractivity contribution in [1.82, 2.24) is 5.32 Å². The second-order valence-electron chi connectivity index (χ2n) is 5.27. The molecule has 0 amide bonds. The highest BCUT2D eigenvalue weighted by Crippen LogP contribution is 2.26. The molecule has 0 saturated carbocycles. The van der Waals surface area contributed by atoms with Crippen molar-refractivity contribution in [1.29, 1.82) is 0 Å². The van der Waals surface area contributed by atoms with Crippen molar-refractivity contribution in [3.63, 3.8) is 0 Å². The van der Waals surface area contributed by atoms with Gasteiger partial charge in [-0.25, -0.2) is 4.39 Å². The monoisotopic (exact) mass is 281 g/mol. The summed E-state index contributed by atoms with van der Waals surface area (Å²) in [5, 5.41) is 3.42. The van der Waals surface area contributed by atoms with Gasteiger partial charge in [-0.2, -0.15) is 0 Å². The molecule has 1 aromatic carbocycles. The molecule has 1 rings (SSSR count). The zero-order valence-corrected chi connectivity index (χ0v) is 13.0. The minimum atomic E-state index is -0.236. The SMILES string of the molecule is CCCCCCOc1cc(F)ccc1C(C)NCCC. The summed E-state index contributed by atoms with van der Waals surface area (Å²) < 4.78 is 19.2. The molecule has 3 heteroatoms. The predicted octanol–water partition coefficient (Wildman–Crippen LogP) is 4.85.